The van der Waals surface area contributed by atoms with Crippen molar-refractivity contribution in [1.82, 2.24) is 20.1 Å². The Morgan fingerprint density at radius 3 is 2.75 bits per heavy atom. The molecule has 0 radical (unpaired) electrons. The van der Waals surface area contributed by atoms with Gasteiger partial charge in [-0.2, -0.15) is 5.10 Å². The predicted molar refractivity (Wildman–Crippen MR) is 82.0 cm³/mol. The number of hydrogen-bond donors (Lipinski definition) is 1. The van der Waals surface area contributed by atoms with Crippen molar-refractivity contribution in [2.75, 3.05) is 6.54 Å². The third-order valence-corrected chi connectivity index (χ3v) is 3.56. The Balaban J connectivity index is 2.18. The van der Waals surface area contributed by atoms with Crippen LogP contribution in [0.2, 0.25) is 5.02 Å². The quantitative estimate of drug-likeness (QED) is 0.890. The zero-order valence-corrected chi connectivity index (χ0v) is 12.9. The van der Waals surface area contributed by atoms with Gasteiger partial charge < -0.3 is 5.32 Å². The Kier molecular flexibility index (Phi) is 5.15. The molecule has 4 nitrogen and oxygen atoms in total. The number of rotatable bonds is 6. The highest BCUT2D eigenvalue weighted by Crippen LogP contribution is 2.22. The molecule has 1 N–H and O–H groups in total. The van der Waals surface area contributed by atoms with Gasteiger partial charge in [-0.3, -0.25) is 4.68 Å². The van der Waals surface area contributed by atoms with Gasteiger partial charge in [-0.25, -0.2) is 4.98 Å². The lowest BCUT2D eigenvalue weighted by Crippen LogP contribution is -2.29. The highest BCUT2D eigenvalue weighted by atomic mass is 35.5. The first-order chi connectivity index (χ1) is 9.56. The Bertz CT molecular complexity index is 550. The van der Waals surface area contributed by atoms with E-state index in [0.717, 1.165) is 23.8 Å². The summed E-state index contributed by atoms with van der Waals surface area (Å²) in [7, 11) is 1.92. The van der Waals surface area contributed by atoms with E-state index in [1.54, 1.807) is 6.33 Å². The van der Waals surface area contributed by atoms with Gasteiger partial charge in [-0.1, -0.05) is 37.6 Å². The van der Waals surface area contributed by atoms with Gasteiger partial charge in [0.2, 0.25) is 0 Å². The molecule has 0 bridgehead atoms. The molecular weight excluding hydrogens is 272 g/mol. The van der Waals surface area contributed by atoms with Gasteiger partial charge in [0.1, 0.15) is 12.2 Å². The zero-order chi connectivity index (χ0) is 14.5. The van der Waals surface area contributed by atoms with Crippen molar-refractivity contribution in [3.05, 3.63) is 47.0 Å². The van der Waals surface area contributed by atoms with E-state index in [2.05, 4.69) is 35.3 Å². The standard InChI is InChI=1S/C15H21ClN4/c1-11(2)17-9-13(8-15-18-10-19-20(15)3)12-5-4-6-14(16)7-12/h4-7,10-11,13,17H,8-9H2,1-3H3. The number of aromatic nitrogens is 3. The minimum atomic E-state index is 0.332. The molecule has 1 aromatic carbocycles. The topological polar surface area (TPSA) is 42.7 Å². The molecule has 0 saturated heterocycles. The van der Waals surface area contributed by atoms with E-state index in [9.17, 15) is 0 Å². The van der Waals surface area contributed by atoms with E-state index in [4.69, 9.17) is 11.6 Å². The summed E-state index contributed by atoms with van der Waals surface area (Å²) in [5, 5.41) is 8.40. The fourth-order valence-corrected chi connectivity index (χ4v) is 2.37. The molecule has 20 heavy (non-hydrogen) atoms. The summed E-state index contributed by atoms with van der Waals surface area (Å²) in [6.45, 7) is 5.19. The van der Waals surface area contributed by atoms with Crippen LogP contribution in [0, 0.1) is 0 Å². The predicted octanol–water partition coefficient (Wildman–Crippen LogP) is 2.79. The summed E-state index contributed by atoms with van der Waals surface area (Å²) < 4.78 is 1.83. The van der Waals surface area contributed by atoms with Crippen LogP contribution in [-0.2, 0) is 13.5 Å². The monoisotopic (exact) mass is 292 g/mol. The van der Waals surface area contributed by atoms with E-state index in [1.807, 2.05) is 29.9 Å². The van der Waals surface area contributed by atoms with Gasteiger partial charge in [0.15, 0.2) is 0 Å². The number of aryl methyl sites for hydroxylation is 1. The van der Waals surface area contributed by atoms with Crippen LogP contribution < -0.4 is 5.32 Å². The van der Waals surface area contributed by atoms with E-state index in [-0.39, 0.29) is 0 Å². The fourth-order valence-electron chi connectivity index (χ4n) is 2.17. The summed E-state index contributed by atoms with van der Waals surface area (Å²) in [5.41, 5.74) is 1.23. The molecule has 0 fully saturated rings. The number of nitrogens with one attached hydrogen (secondary N) is 1. The van der Waals surface area contributed by atoms with Crippen LogP contribution in [0.3, 0.4) is 0 Å². The van der Waals surface area contributed by atoms with E-state index in [0.29, 0.717) is 12.0 Å². The van der Waals surface area contributed by atoms with Crippen molar-refractivity contribution in [3.63, 3.8) is 0 Å². The summed E-state index contributed by atoms with van der Waals surface area (Å²) in [6.07, 6.45) is 2.44. The molecule has 2 rings (SSSR count). The average molecular weight is 293 g/mol. The van der Waals surface area contributed by atoms with Gasteiger partial charge in [-0.05, 0) is 17.7 Å². The van der Waals surface area contributed by atoms with Crippen molar-refractivity contribution >= 4 is 11.6 Å². The van der Waals surface area contributed by atoms with Crippen LogP contribution in [0.5, 0.6) is 0 Å². The van der Waals surface area contributed by atoms with Gasteiger partial charge in [0.25, 0.3) is 0 Å². The lowest BCUT2D eigenvalue weighted by molar-refractivity contribution is 0.513. The first-order valence-electron chi connectivity index (χ1n) is 6.88. The number of halogens is 1. The number of nitrogens with zero attached hydrogens (tertiary/aromatic N) is 3. The highest BCUT2D eigenvalue weighted by molar-refractivity contribution is 6.30. The first-order valence-corrected chi connectivity index (χ1v) is 7.25. The molecule has 1 atom stereocenters. The van der Waals surface area contributed by atoms with Crippen LogP contribution in [0.4, 0.5) is 0 Å². The second-order valence-electron chi connectivity index (χ2n) is 5.32. The van der Waals surface area contributed by atoms with Gasteiger partial charge in [0.05, 0.1) is 0 Å². The van der Waals surface area contributed by atoms with E-state index in [1.165, 1.54) is 5.56 Å². The van der Waals surface area contributed by atoms with Crippen LogP contribution in [-0.4, -0.2) is 27.4 Å². The molecule has 2 aromatic rings. The maximum Gasteiger partial charge on any atom is 0.138 e. The lowest BCUT2D eigenvalue weighted by Gasteiger charge is -2.19. The van der Waals surface area contributed by atoms with Crippen molar-refractivity contribution in [2.45, 2.75) is 32.2 Å². The van der Waals surface area contributed by atoms with Crippen molar-refractivity contribution in [1.29, 1.82) is 0 Å². The van der Waals surface area contributed by atoms with Crippen molar-refractivity contribution in [2.24, 2.45) is 7.05 Å². The summed E-state index contributed by atoms with van der Waals surface area (Å²) >= 11 is 6.11. The zero-order valence-electron chi connectivity index (χ0n) is 12.2. The second-order valence-corrected chi connectivity index (χ2v) is 5.76. The van der Waals surface area contributed by atoms with Crippen molar-refractivity contribution in [3.8, 4) is 0 Å². The molecule has 0 aliphatic heterocycles. The molecule has 108 valence electrons. The SMILES string of the molecule is CC(C)NCC(Cc1ncnn1C)c1cccc(Cl)c1. The Morgan fingerprint density at radius 2 is 2.15 bits per heavy atom. The lowest BCUT2D eigenvalue weighted by atomic mass is 9.95. The van der Waals surface area contributed by atoms with Crippen molar-refractivity contribution < 1.29 is 0 Å². The third-order valence-electron chi connectivity index (χ3n) is 3.33. The minimum Gasteiger partial charge on any atom is -0.314 e. The highest BCUT2D eigenvalue weighted by Gasteiger charge is 2.16. The minimum absolute atomic E-state index is 0.332. The van der Waals surface area contributed by atoms with E-state index >= 15 is 0 Å². The molecule has 1 unspecified atom stereocenters. The molecule has 1 heterocycles. The molecule has 0 saturated carbocycles. The molecule has 1 aromatic heterocycles. The fraction of sp³-hybridized carbons (Fsp3) is 0.467. The molecule has 0 aliphatic rings. The van der Waals surface area contributed by atoms with Crippen LogP contribution in [0.1, 0.15) is 31.2 Å². The number of hydrogen-bond acceptors (Lipinski definition) is 3. The number of benzene rings is 1. The Hall–Kier alpha value is -1.39. The molecule has 5 heteroatoms. The van der Waals surface area contributed by atoms with Crippen LogP contribution in [0.15, 0.2) is 30.6 Å². The Labute approximate surface area is 125 Å². The van der Waals surface area contributed by atoms with Crippen LogP contribution in [0.25, 0.3) is 0 Å². The average Bonchev–Trinajstić information content (AvgIpc) is 2.79. The maximum absolute atomic E-state index is 6.11. The van der Waals surface area contributed by atoms with Crippen LogP contribution >= 0.6 is 11.6 Å². The molecule has 0 amide bonds. The molecular formula is C15H21ClN4. The third kappa shape index (κ3) is 4.05. The van der Waals surface area contributed by atoms with Gasteiger partial charge >= 0.3 is 0 Å². The Morgan fingerprint density at radius 1 is 1.35 bits per heavy atom. The summed E-state index contributed by atoms with van der Waals surface area (Å²) in [5.74, 6) is 1.32. The smallest absolute Gasteiger partial charge is 0.138 e. The molecule has 0 spiro atoms. The molecule has 0 aliphatic carbocycles. The summed E-state index contributed by atoms with van der Waals surface area (Å²) in [6, 6.07) is 8.51. The van der Waals surface area contributed by atoms with Gasteiger partial charge in [0, 0.05) is 37.0 Å². The normalized spacial score (nSPS) is 12.8. The first kappa shape index (κ1) is 15.0. The maximum atomic E-state index is 6.11. The largest absolute Gasteiger partial charge is 0.314 e. The second kappa shape index (κ2) is 6.86. The summed E-state index contributed by atoms with van der Waals surface area (Å²) in [4.78, 5) is 4.32. The van der Waals surface area contributed by atoms with Gasteiger partial charge in [-0.15, -0.1) is 0 Å². The van der Waals surface area contributed by atoms with E-state index < -0.39 is 0 Å².